The van der Waals surface area contributed by atoms with E-state index in [0.717, 1.165) is 31.1 Å². The summed E-state index contributed by atoms with van der Waals surface area (Å²) < 4.78 is 0. The second-order valence-electron chi connectivity index (χ2n) is 4.49. The highest BCUT2D eigenvalue weighted by atomic mass is 35.5. The molecule has 2 N–H and O–H groups in total. The van der Waals surface area contributed by atoms with Gasteiger partial charge in [0.15, 0.2) is 0 Å². The van der Waals surface area contributed by atoms with Crippen LogP contribution in [0.4, 0.5) is 0 Å². The molecule has 0 saturated carbocycles. The average Bonchev–Trinajstić information content (AvgIpc) is 2.77. The lowest BCUT2D eigenvalue weighted by Gasteiger charge is -2.17. The van der Waals surface area contributed by atoms with Gasteiger partial charge in [0.1, 0.15) is 0 Å². The van der Waals surface area contributed by atoms with Crippen LogP contribution < -0.4 is 5.32 Å². The van der Waals surface area contributed by atoms with Crippen molar-refractivity contribution in [1.29, 1.82) is 0 Å². The van der Waals surface area contributed by atoms with Crippen LogP contribution in [-0.4, -0.2) is 42.3 Å². The third-order valence-corrected chi connectivity index (χ3v) is 3.54. The topological polar surface area (TPSA) is 35.5 Å². The van der Waals surface area contributed by atoms with Crippen LogP contribution in [-0.2, 0) is 6.54 Å². The van der Waals surface area contributed by atoms with E-state index in [9.17, 15) is 0 Å². The van der Waals surface area contributed by atoms with E-state index >= 15 is 0 Å². The minimum atomic E-state index is 0.209. The van der Waals surface area contributed by atoms with E-state index in [-0.39, 0.29) is 6.61 Å². The average molecular weight is 255 g/mol. The molecule has 0 aliphatic carbocycles. The summed E-state index contributed by atoms with van der Waals surface area (Å²) in [6, 6.07) is 8.51. The fourth-order valence-corrected chi connectivity index (χ4v) is 2.47. The Hall–Kier alpha value is -0.610. The lowest BCUT2D eigenvalue weighted by atomic mass is 10.2. The van der Waals surface area contributed by atoms with E-state index in [1.165, 1.54) is 5.56 Å². The molecular weight excluding hydrogens is 236 g/mol. The predicted octanol–water partition coefficient (Wildman–Crippen LogP) is 1.50. The van der Waals surface area contributed by atoms with Gasteiger partial charge >= 0.3 is 0 Å². The zero-order chi connectivity index (χ0) is 12.1. The highest BCUT2D eigenvalue weighted by molar-refractivity contribution is 6.31. The molecule has 3 nitrogen and oxygen atoms in total. The van der Waals surface area contributed by atoms with E-state index in [4.69, 9.17) is 16.7 Å². The summed E-state index contributed by atoms with van der Waals surface area (Å²) in [4.78, 5) is 2.40. The maximum absolute atomic E-state index is 8.77. The van der Waals surface area contributed by atoms with Gasteiger partial charge in [-0.1, -0.05) is 29.8 Å². The number of aliphatic hydroxyl groups excluding tert-OH is 1. The van der Waals surface area contributed by atoms with Gasteiger partial charge in [0.2, 0.25) is 0 Å². The van der Waals surface area contributed by atoms with Crippen molar-refractivity contribution >= 4 is 11.6 Å². The van der Waals surface area contributed by atoms with Crippen molar-refractivity contribution in [3.63, 3.8) is 0 Å². The molecular formula is C13H19ClN2O. The van der Waals surface area contributed by atoms with Crippen LogP contribution in [0.3, 0.4) is 0 Å². The van der Waals surface area contributed by atoms with E-state index in [0.29, 0.717) is 12.6 Å². The standard InChI is InChI=1S/C13H19ClN2O/c14-13-4-2-1-3-11(13)9-16-7-5-12(10-16)15-6-8-17/h1-4,12,15,17H,5-10H2. The number of likely N-dealkylation sites (tertiary alicyclic amines) is 1. The molecule has 1 aliphatic heterocycles. The lowest BCUT2D eigenvalue weighted by Crippen LogP contribution is -2.34. The quantitative estimate of drug-likeness (QED) is 0.836. The number of aliphatic hydroxyl groups is 1. The molecule has 0 amide bonds. The smallest absolute Gasteiger partial charge is 0.0556 e. The molecule has 94 valence electrons. The second-order valence-corrected chi connectivity index (χ2v) is 4.90. The molecule has 1 unspecified atom stereocenters. The normalized spacial score (nSPS) is 20.9. The monoisotopic (exact) mass is 254 g/mol. The van der Waals surface area contributed by atoms with Gasteiger partial charge in [0.05, 0.1) is 6.61 Å². The number of rotatable bonds is 5. The molecule has 1 aromatic rings. The predicted molar refractivity (Wildman–Crippen MR) is 70.2 cm³/mol. The summed E-state index contributed by atoms with van der Waals surface area (Å²) >= 11 is 6.15. The molecule has 0 spiro atoms. The molecule has 1 saturated heterocycles. The molecule has 2 rings (SSSR count). The lowest BCUT2D eigenvalue weighted by molar-refractivity contribution is 0.278. The Kier molecular flexibility index (Phi) is 4.80. The SMILES string of the molecule is OCCNC1CCN(Cc2ccccc2Cl)C1. The minimum absolute atomic E-state index is 0.209. The number of halogens is 1. The maximum atomic E-state index is 8.77. The first-order valence-corrected chi connectivity index (χ1v) is 6.47. The summed E-state index contributed by atoms with van der Waals surface area (Å²) in [5, 5.41) is 13.0. The minimum Gasteiger partial charge on any atom is -0.395 e. The van der Waals surface area contributed by atoms with Crippen LogP contribution in [0, 0.1) is 0 Å². The third kappa shape index (κ3) is 3.68. The number of hydrogen-bond acceptors (Lipinski definition) is 3. The van der Waals surface area contributed by atoms with Crippen LogP contribution in [0.2, 0.25) is 5.02 Å². The van der Waals surface area contributed by atoms with Crippen LogP contribution >= 0.6 is 11.6 Å². The van der Waals surface area contributed by atoms with E-state index < -0.39 is 0 Å². The van der Waals surface area contributed by atoms with Gasteiger partial charge < -0.3 is 10.4 Å². The highest BCUT2D eigenvalue weighted by Crippen LogP contribution is 2.19. The molecule has 1 fully saturated rings. The molecule has 1 aliphatic rings. The maximum Gasteiger partial charge on any atom is 0.0556 e. The Balaban J connectivity index is 1.83. The summed E-state index contributed by atoms with van der Waals surface area (Å²) in [6.45, 7) is 3.93. The molecule has 1 aromatic carbocycles. The van der Waals surface area contributed by atoms with Crippen molar-refractivity contribution in [3.05, 3.63) is 34.9 Å². The Morgan fingerprint density at radius 1 is 1.41 bits per heavy atom. The first kappa shape index (κ1) is 12.8. The van der Waals surface area contributed by atoms with Crippen LogP contribution in [0.15, 0.2) is 24.3 Å². The van der Waals surface area contributed by atoms with Crippen molar-refractivity contribution in [2.24, 2.45) is 0 Å². The van der Waals surface area contributed by atoms with Gasteiger partial charge in [-0.25, -0.2) is 0 Å². The Bertz CT molecular complexity index is 359. The summed E-state index contributed by atoms with van der Waals surface area (Å²) in [6.07, 6.45) is 1.14. The largest absolute Gasteiger partial charge is 0.395 e. The molecule has 17 heavy (non-hydrogen) atoms. The van der Waals surface area contributed by atoms with Gasteiger partial charge in [0.25, 0.3) is 0 Å². The summed E-state index contributed by atoms with van der Waals surface area (Å²) in [7, 11) is 0. The highest BCUT2D eigenvalue weighted by Gasteiger charge is 2.21. The molecule has 1 heterocycles. The Morgan fingerprint density at radius 3 is 3.00 bits per heavy atom. The van der Waals surface area contributed by atoms with Gasteiger partial charge in [-0.2, -0.15) is 0 Å². The van der Waals surface area contributed by atoms with Crippen molar-refractivity contribution in [2.75, 3.05) is 26.2 Å². The van der Waals surface area contributed by atoms with Crippen molar-refractivity contribution in [1.82, 2.24) is 10.2 Å². The molecule has 0 aromatic heterocycles. The van der Waals surface area contributed by atoms with Gasteiger partial charge in [-0.05, 0) is 18.1 Å². The van der Waals surface area contributed by atoms with Crippen molar-refractivity contribution in [3.8, 4) is 0 Å². The third-order valence-electron chi connectivity index (χ3n) is 3.17. The zero-order valence-corrected chi connectivity index (χ0v) is 10.7. The second kappa shape index (κ2) is 6.36. The molecule has 4 heteroatoms. The van der Waals surface area contributed by atoms with E-state index in [1.54, 1.807) is 0 Å². The first-order chi connectivity index (χ1) is 8.29. The van der Waals surface area contributed by atoms with Gasteiger partial charge in [-0.3, -0.25) is 4.90 Å². The van der Waals surface area contributed by atoms with Crippen molar-refractivity contribution < 1.29 is 5.11 Å². The van der Waals surface area contributed by atoms with Crippen LogP contribution in [0.25, 0.3) is 0 Å². The fourth-order valence-electron chi connectivity index (χ4n) is 2.28. The zero-order valence-electron chi connectivity index (χ0n) is 9.90. The van der Waals surface area contributed by atoms with Gasteiger partial charge in [-0.15, -0.1) is 0 Å². The number of benzene rings is 1. The van der Waals surface area contributed by atoms with Crippen LogP contribution in [0.1, 0.15) is 12.0 Å². The van der Waals surface area contributed by atoms with Crippen LogP contribution in [0.5, 0.6) is 0 Å². The first-order valence-electron chi connectivity index (χ1n) is 6.09. The summed E-state index contributed by atoms with van der Waals surface area (Å²) in [5.41, 5.74) is 1.19. The number of nitrogens with one attached hydrogen (secondary N) is 1. The Morgan fingerprint density at radius 2 is 2.24 bits per heavy atom. The van der Waals surface area contributed by atoms with E-state index in [1.807, 2.05) is 18.2 Å². The molecule has 0 bridgehead atoms. The van der Waals surface area contributed by atoms with Gasteiger partial charge in [0, 0.05) is 37.2 Å². The summed E-state index contributed by atoms with van der Waals surface area (Å²) in [5.74, 6) is 0. The number of nitrogens with zero attached hydrogens (tertiary/aromatic N) is 1. The molecule has 1 atom stereocenters. The Labute approximate surface area is 107 Å². The fraction of sp³-hybridized carbons (Fsp3) is 0.538. The van der Waals surface area contributed by atoms with Crippen molar-refractivity contribution in [2.45, 2.75) is 19.0 Å². The van der Waals surface area contributed by atoms with E-state index in [2.05, 4.69) is 16.3 Å². The molecule has 0 radical (unpaired) electrons. The number of hydrogen-bond donors (Lipinski definition) is 2.